The number of carbonyl (C=O) groups excluding carboxylic acids is 1. The highest BCUT2D eigenvalue weighted by Crippen LogP contribution is 2.48. The largest absolute Gasteiger partial charge is 0.396 e. The lowest BCUT2D eigenvalue weighted by Gasteiger charge is -2.30. The van der Waals surface area contributed by atoms with Crippen molar-refractivity contribution in [1.29, 1.82) is 0 Å². The van der Waals surface area contributed by atoms with E-state index in [0.29, 0.717) is 11.8 Å². The Hall–Kier alpha value is -1.75. The van der Waals surface area contributed by atoms with Crippen LogP contribution in [0.2, 0.25) is 0 Å². The molecule has 3 fully saturated rings. The van der Waals surface area contributed by atoms with E-state index in [2.05, 4.69) is 27.7 Å². The lowest BCUT2D eigenvalue weighted by molar-refractivity contribution is 0.146. The van der Waals surface area contributed by atoms with Gasteiger partial charge in [-0.3, -0.25) is 0 Å². The zero-order valence-electron chi connectivity index (χ0n) is 14.8. The molecule has 4 unspecified atom stereocenters. The van der Waals surface area contributed by atoms with E-state index >= 15 is 0 Å². The van der Waals surface area contributed by atoms with Gasteiger partial charge in [0, 0.05) is 43.0 Å². The zero-order chi connectivity index (χ0) is 17.2. The molecule has 2 saturated carbocycles. The monoisotopic (exact) mass is 343 g/mol. The van der Waals surface area contributed by atoms with Crippen LogP contribution in [0.1, 0.15) is 38.5 Å². The summed E-state index contributed by atoms with van der Waals surface area (Å²) in [5.41, 5.74) is 2.06. The van der Waals surface area contributed by atoms with Crippen molar-refractivity contribution in [2.24, 2.45) is 17.8 Å². The second kappa shape index (κ2) is 7.24. The summed E-state index contributed by atoms with van der Waals surface area (Å²) in [6, 6.07) is 8.11. The number of piperidine rings is 1. The van der Waals surface area contributed by atoms with Crippen molar-refractivity contribution in [3.8, 4) is 0 Å². The van der Waals surface area contributed by atoms with Gasteiger partial charge in [0.05, 0.1) is 0 Å². The molecule has 0 radical (unpaired) electrons. The molecule has 1 aliphatic heterocycles. The van der Waals surface area contributed by atoms with Gasteiger partial charge in [0.15, 0.2) is 0 Å². The Morgan fingerprint density at radius 1 is 1.08 bits per heavy atom. The van der Waals surface area contributed by atoms with E-state index in [1.807, 2.05) is 12.1 Å². The molecule has 1 saturated heterocycles. The number of rotatable bonds is 4. The third-order valence-electron chi connectivity index (χ3n) is 6.44. The fourth-order valence-electron chi connectivity index (χ4n) is 5.12. The van der Waals surface area contributed by atoms with Gasteiger partial charge < -0.3 is 20.6 Å². The van der Waals surface area contributed by atoms with Crippen molar-refractivity contribution in [2.75, 3.05) is 29.9 Å². The van der Waals surface area contributed by atoms with Crippen molar-refractivity contribution in [3.63, 3.8) is 0 Å². The van der Waals surface area contributed by atoms with Crippen molar-refractivity contribution in [1.82, 2.24) is 5.32 Å². The van der Waals surface area contributed by atoms with E-state index in [1.54, 1.807) is 0 Å². The van der Waals surface area contributed by atoms with Crippen LogP contribution in [0.3, 0.4) is 0 Å². The molecule has 0 spiro atoms. The average Bonchev–Trinajstić information content (AvgIpc) is 3.24. The topological polar surface area (TPSA) is 64.6 Å². The predicted octanol–water partition coefficient (Wildman–Crippen LogP) is 3.21. The molecule has 3 aliphatic rings. The Bertz CT molecular complexity index is 597. The number of aliphatic hydroxyl groups excluding tert-OH is 1. The van der Waals surface area contributed by atoms with Crippen molar-refractivity contribution in [2.45, 2.75) is 44.6 Å². The molecule has 2 bridgehead atoms. The van der Waals surface area contributed by atoms with Crippen molar-refractivity contribution >= 4 is 17.4 Å². The molecule has 0 aromatic heterocycles. The van der Waals surface area contributed by atoms with E-state index in [4.69, 9.17) is 0 Å². The van der Waals surface area contributed by atoms with Gasteiger partial charge in [-0.05, 0) is 74.6 Å². The number of benzene rings is 1. The molecule has 5 heteroatoms. The van der Waals surface area contributed by atoms with Gasteiger partial charge in [0.1, 0.15) is 0 Å². The van der Waals surface area contributed by atoms with Gasteiger partial charge in [-0.1, -0.05) is 0 Å². The summed E-state index contributed by atoms with van der Waals surface area (Å²) < 4.78 is 0. The van der Waals surface area contributed by atoms with E-state index in [-0.39, 0.29) is 24.6 Å². The Labute approximate surface area is 149 Å². The summed E-state index contributed by atoms with van der Waals surface area (Å²) in [4.78, 5) is 14.8. The number of hydrogen-bond donors (Lipinski definition) is 3. The summed E-state index contributed by atoms with van der Waals surface area (Å²) in [5, 5.41) is 15.7. The number of anilines is 2. The molecule has 4 atom stereocenters. The maximum atomic E-state index is 12.4. The first-order valence-corrected chi connectivity index (χ1v) is 9.78. The Kier molecular flexibility index (Phi) is 4.84. The van der Waals surface area contributed by atoms with Crippen LogP contribution in [-0.4, -0.2) is 36.9 Å². The van der Waals surface area contributed by atoms with Gasteiger partial charge in [-0.25, -0.2) is 4.79 Å². The highest BCUT2D eigenvalue weighted by molar-refractivity contribution is 5.89. The fraction of sp³-hybridized carbons (Fsp3) is 0.650. The molecule has 3 N–H and O–H groups in total. The number of nitrogens with zero attached hydrogens (tertiary/aromatic N) is 1. The third kappa shape index (κ3) is 3.47. The average molecular weight is 343 g/mol. The summed E-state index contributed by atoms with van der Waals surface area (Å²) in [6.07, 6.45) is 7.38. The molecule has 4 rings (SSSR count). The number of carbonyl (C=O) groups is 1. The standard InChI is InChI=1S/C20H29N3O2/c24-13-18-14-4-5-15(12-14)19(18)22-20(25)21-16-6-8-17(9-7-16)23-10-2-1-3-11-23/h6-9,14-15,18-19,24H,1-5,10-13H2,(H2,21,22,25). The molecule has 2 amide bonds. The van der Waals surface area contributed by atoms with Crippen LogP contribution < -0.4 is 15.5 Å². The maximum Gasteiger partial charge on any atom is 0.319 e. The SMILES string of the molecule is O=C(Nc1ccc(N2CCCCC2)cc1)NC1C2CCC(C2)C1CO. The van der Waals surface area contributed by atoms with Crippen LogP contribution in [0.25, 0.3) is 0 Å². The minimum absolute atomic E-state index is 0.122. The van der Waals surface area contributed by atoms with E-state index in [9.17, 15) is 9.90 Å². The molecule has 5 nitrogen and oxygen atoms in total. The first-order valence-electron chi connectivity index (χ1n) is 9.78. The van der Waals surface area contributed by atoms with Crippen LogP contribution in [0.5, 0.6) is 0 Å². The smallest absolute Gasteiger partial charge is 0.319 e. The quantitative estimate of drug-likeness (QED) is 0.786. The highest BCUT2D eigenvalue weighted by Gasteiger charge is 2.47. The van der Waals surface area contributed by atoms with Crippen LogP contribution >= 0.6 is 0 Å². The fourth-order valence-corrected chi connectivity index (χ4v) is 5.12. The Morgan fingerprint density at radius 2 is 1.80 bits per heavy atom. The summed E-state index contributed by atoms with van der Waals surface area (Å²) in [7, 11) is 0. The number of hydrogen-bond acceptors (Lipinski definition) is 3. The third-order valence-corrected chi connectivity index (χ3v) is 6.44. The number of aliphatic hydroxyl groups is 1. The second-order valence-electron chi connectivity index (χ2n) is 7.90. The lowest BCUT2D eigenvalue weighted by Crippen LogP contribution is -2.46. The molecule has 1 heterocycles. The van der Waals surface area contributed by atoms with Crippen LogP contribution in [0.15, 0.2) is 24.3 Å². The van der Waals surface area contributed by atoms with Crippen LogP contribution in [0.4, 0.5) is 16.2 Å². The Morgan fingerprint density at radius 3 is 2.52 bits per heavy atom. The molecule has 25 heavy (non-hydrogen) atoms. The van der Waals surface area contributed by atoms with Crippen LogP contribution in [0, 0.1) is 17.8 Å². The van der Waals surface area contributed by atoms with Crippen LogP contribution in [-0.2, 0) is 0 Å². The minimum atomic E-state index is -0.151. The lowest BCUT2D eigenvalue weighted by atomic mass is 9.85. The summed E-state index contributed by atoms with van der Waals surface area (Å²) >= 11 is 0. The van der Waals surface area contributed by atoms with E-state index in [0.717, 1.165) is 25.2 Å². The predicted molar refractivity (Wildman–Crippen MR) is 99.9 cm³/mol. The molecular formula is C20H29N3O2. The zero-order valence-corrected chi connectivity index (χ0v) is 14.8. The highest BCUT2D eigenvalue weighted by atomic mass is 16.3. The first kappa shape index (κ1) is 16.7. The number of fused-ring (bicyclic) bond motifs is 2. The molecule has 1 aromatic rings. The van der Waals surface area contributed by atoms with Crippen molar-refractivity contribution < 1.29 is 9.90 Å². The van der Waals surface area contributed by atoms with E-state index < -0.39 is 0 Å². The number of nitrogens with one attached hydrogen (secondary N) is 2. The minimum Gasteiger partial charge on any atom is -0.396 e. The summed E-state index contributed by atoms with van der Waals surface area (Å²) in [5.74, 6) is 1.35. The first-order chi connectivity index (χ1) is 12.2. The molecule has 136 valence electrons. The molecular weight excluding hydrogens is 314 g/mol. The van der Waals surface area contributed by atoms with Gasteiger partial charge in [0.25, 0.3) is 0 Å². The number of amides is 2. The number of urea groups is 1. The maximum absolute atomic E-state index is 12.4. The van der Waals surface area contributed by atoms with Gasteiger partial charge in [0.2, 0.25) is 0 Å². The second-order valence-corrected chi connectivity index (χ2v) is 7.90. The Balaban J connectivity index is 1.33. The molecule has 2 aliphatic carbocycles. The van der Waals surface area contributed by atoms with Gasteiger partial charge in [-0.15, -0.1) is 0 Å². The van der Waals surface area contributed by atoms with E-state index in [1.165, 1.54) is 37.8 Å². The normalized spacial score (nSPS) is 31.2. The summed E-state index contributed by atoms with van der Waals surface area (Å²) in [6.45, 7) is 2.43. The van der Waals surface area contributed by atoms with Gasteiger partial charge >= 0.3 is 6.03 Å². The van der Waals surface area contributed by atoms with Crippen molar-refractivity contribution in [3.05, 3.63) is 24.3 Å². The van der Waals surface area contributed by atoms with Gasteiger partial charge in [-0.2, -0.15) is 0 Å². The molecule has 1 aromatic carbocycles.